The van der Waals surface area contributed by atoms with Gasteiger partial charge in [-0.25, -0.2) is 4.79 Å². The minimum absolute atomic E-state index is 0.00750. The predicted octanol–water partition coefficient (Wildman–Crippen LogP) is 4.22. The number of aliphatic hydroxyl groups excluding tert-OH is 2. The Labute approximate surface area is 730 Å². The van der Waals surface area contributed by atoms with E-state index in [4.69, 9.17) is 19.3 Å². The number of carboxylic acid groups (broad SMARTS) is 1. The third kappa shape index (κ3) is 21.1. The summed E-state index contributed by atoms with van der Waals surface area (Å²) in [5.41, 5.74) is 9.00. The minimum Gasteiger partial charge on any atom is -0.496 e. The summed E-state index contributed by atoms with van der Waals surface area (Å²) in [6, 6.07) is 39.4. The third-order valence-electron chi connectivity index (χ3n) is 24.9. The smallest absolute Gasteiger partial charge is 0.352 e. The number of aliphatic hydroxyl groups is 2. The van der Waals surface area contributed by atoms with Crippen LogP contribution in [0.1, 0.15) is 142 Å². The van der Waals surface area contributed by atoms with E-state index < -0.39 is 102 Å². The summed E-state index contributed by atoms with van der Waals surface area (Å²) >= 11 is 0. The Hall–Kier alpha value is -13.5. The van der Waals surface area contributed by atoms with Crippen molar-refractivity contribution in [3.8, 4) is 17.2 Å². The van der Waals surface area contributed by atoms with Crippen molar-refractivity contribution in [1.82, 2.24) is 77.9 Å². The maximum Gasteiger partial charge on any atom is 0.352 e. The number of methoxy groups -OCH3 is 3. The number of aromatic nitrogens is 3. The quantitative estimate of drug-likeness (QED) is 0.0320. The molecule has 11 atom stereocenters. The van der Waals surface area contributed by atoms with E-state index in [-0.39, 0.29) is 110 Å². The molecular weight excluding hydrogens is 1630 g/mol. The van der Waals surface area contributed by atoms with Crippen LogP contribution < -0.4 is 67.4 Å². The number of H-pyrrole nitrogens is 3. The van der Waals surface area contributed by atoms with Crippen LogP contribution in [0, 0.1) is 17.8 Å². The molecule has 3 saturated heterocycles. The van der Waals surface area contributed by atoms with Gasteiger partial charge in [-0.05, 0) is 171 Å². The average Bonchev–Trinajstić information content (AvgIpc) is 1.33. The van der Waals surface area contributed by atoms with Gasteiger partial charge in [-0.2, -0.15) is 0 Å². The van der Waals surface area contributed by atoms with Crippen LogP contribution in [0.5, 0.6) is 17.2 Å². The van der Waals surface area contributed by atoms with Gasteiger partial charge in [0.25, 0.3) is 29.5 Å². The zero-order chi connectivity index (χ0) is 89.3. The highest BCUT2D eigenvalue weighted by Gasteiger charge is 2.45. The number of aromatic amines is 3. The van der Waals surface area contributed by atoms with Crippen LogP contribution in [0.2, 0.25) is 0 Å². The van der Waals surface area contributed by atoms with Crippen LogP contribution in [0.3, 0.4) is 0 Å². The fourth-order valence-corrected chi connectivity index (χ4v) is 17.3. The van der Waals surface area contributed by atoms with E-state index in [2.05, 4.69) is 68.1 Å². The van der Waals surface area contributed by atoms with E-state index in [0.717, 1.165) is 99.1 Å². The molecule has 3 aliphatic carbocycles. The highest BCUT2D eigenvalue weighted by Crippen LogP contribution is 2.35. The number of benzene rings is 6. The summed E-state index contributed by atoms with van der Waals surface area (Å²) in [6.45, 7) is 2.55. The first-order chi connectivity index (χ1) is 61.4. The van der Waals surface area contributed by atoms with Gasteiger partial charge in [0, 0.05) is 121 Å². The summed E-state index contributed by atoms with van der Waals surface area (Å²) < 4.78 is 16.0. The molecule has 3 saturated carbocycles. The van der Waals surface area contributed by atoms with Crippen LogP contribution in [-0.4, -0.2) is 224 Å². The Morgan fingerprint density at radius 2 is 0.795 bits per heavy atom. The van der Waals surface area contributed by atoms with Crippen molar-refractivity contribution in [3.63, 3.8) is 0 Å². The van der Waals surface area contributed by atoms with Gasteiger partial charge < -0.3 is 107 Å². The van der Waals surface area contributed by atoms with Gasteiger partial charge in [-0.3, -0.25) is 57.5 Å². The van der Waals surface area contributed by atoms with Crippen molar-refractivity contribution >= 4 is 109 Å². The first-order valence-corrected chi connectivity index (χ1v) is 43.2. The largest absolute Gasteiger partial charge is 0.496 e. The maximum atomic E-state index is 14.0. The highest BCUT2D eigenvalue weighted by atomic mass is 16.5. The lowest BCUT2D eigenvalue weighted by molar-refractivity contribution is -0.141. The van der Waals surface area contributed by atoms with E-state index >= 15 is 0 Å². The fourth-order valence-electron chi connectivity index (χ4n) is 17.3. The number of ether oxygens (including phenoxy) is 3. The first-order valence-electron chi connectivity index (χ1n) is 43.2. The second-order valence-electron chi connectivity index (χ2n) is 33.8. The fraction of sp³-hybridized carbons (Fsp3) is 0.409. The normalized spacial score (nSPS) is 20.7. The number of carboxylic acids is 1. The van der Waals surface area contributed by atoms with Gasteiger partial charge in [-0.15, -0.1) is 0 Å². The van der Waals surface area contributed by atoms with Crippen molar-refractivity contribution in [2.24, 2.45) is 17.8 Å². The molecule has 11 amide bonds. The summed E-state index contributed by atoms with van der Waals surface area (Å²) in [5, 5.41) is 61.0. The summed E-state index contributed by atoms with van der Waals surface area (Å²) in [5.74, 6) is -5.45. The molecule has 18 rings (SSSR count). The number of Topliss-reactive ketones (excluding diaryl/α,β-unsaturated/α-hetero) is 1. The van der Waals surface area contributed by atoms with Gasteiger partial charge in [-0.1, -0.05) is 91.0 Å². The van der Waals surface area contributed by atoms with Crippen LogP contribution >= 0.6 is 0 Å². The van der Waals surface area contributed by atoms with Crippen LogP contribution in [0.4, 0.5) is 0 Å². The minimum atomic E-state index is -1.54. The second kappa shape index (κ2) is 39.4. The number of hydrogen-bond donors (Lipinski definition) is 16. The molecule has 0 spiro atoms. The highest BCUT2D eigenvalue weighted by molar-refractivity contribution is 6.38. The molecule has 34 heteroatoms. The molecule has 9 heterocycles. The molecular formula is C93H105N15O19. The van der Waals surface area contributed by atoms with Crippen LogP contribution in [-0.2, 0) is 86.8 Å². The average molecular weight is 1740 g/mol. The molecule has 127 heavy (non-hydrogen) atoms. The van der Waals surface area contributed by atoms with Crippen molar-refractivity contribution in [2.45, 2.75) is 183 Å². The Bertz CT molecular complexity index is 5690. The first kappa shape index (κ1) is 88.4. The topological polar surface area (TPSA) is 484 Å². The molecule has 2 unspecified atom stereocenters. The van der Waals surface area contributed by atoms with Crippen molar-refractivity contribution in [3.05, 3.63) is 196 Å². The zero-order valence-electron chi connectivity index (χ0n) is 70.6. The molecule has 6 aromatic carbocycles. The van der Waals surface area contributed by atoms with Gasteiger partial charge in [0.05, 0.1) is 45.5 Å². The van der Waals surface area contributed by atoms with Crippen LogP contribution in [0.25, 0.3) is 32.7 Å². The summed E-state index contributed by atoms with van der Waals surface area (Å²) in [6.07, 6.45) is 5.28. The molecule has 6 aliphatic heterocycles. The molecule has 9 aromatic rings. The predicted molar refractivity (Wildman–Crippen MR) is 463 cm³/mol. The van der Waals surface area contributed by atoms with Gasteiger partial charge in [0.2, 0.25) is 41.2 Å². The molecule has 16 N–H and O–H groups in total. The Balaban J connectivity index is 0.000000138. The molecule has 666 valence electrons. The number of amides is 11. The summed E-state index contributed by atoms with van der Waals surface area (Å²) in [7, 11) is 4.68. The van der Waals surface area contributed by atoms with Gasteiger partial charge in [0.1, 0.15) is 46.4 Å². The summed E-state index contributed by atoms with van der Waals surface area (Å²) in [4.78, 5) is 179. The molecule has 9 aliphatic rings. The monoisotopic (exact) mass is 1740 g/mol. The number of nitrogens with zero attached hydrogens (tertiary/aromatic N) is 2. The number of nitrogens with one attached hydrogen (secondary N) is 13. The Kier molecular flexibility index (Phi) is 27.4. The van der Waals surface area contributed by atoms with Crippen molar-refractivity contribution < 1.29 is 91.9 Å². The third-order valence-corrected chi connectivity index (χ3v) is 24.9. The molecule has 34 nitrogen and oxygen atoms in total. The number of ketones is 1. The number of hydrogen-bond acceptors (Lipinski definition) is 19. The SMILES string of the molecule is COc1cccc2[nH]c(C(=O)N3Cc4ccccc4C[C@H]3C(=O)N[C@@H](C[C@@H]3CCNC3=O)C(=O)C(=O)NC3CC3)cc12.COc1cccc2[nH]c(C(=O)N3Cc4ccccc4C[C@H]3C(=O)N[C@@H](C[C@@H]3CCNC3=O)C(O)C(=O)NC3CC3)cc12.COc1cccc2[nH]c(C(=O)O)cc12.O=C(NC1CC1)C(O)[C@H](C[C@@H]1CCNC1=O)NC(=O)[C@@H]1Cc2ccccc2CN1. The van der Waals surface area contributed by atoms with Crippen molar-refractivity contribution in [1.29, 1.82) is 0 Å². The van der Waals surface area contributed by atoms with Gasteiger partial charge >= 0.3 is 5.97 Å². The molecule has 3 aromatic heterocycles. The van der Waals surface area contributed by atoms with Crippen LogP contribution in [0.15, 0.2) is 146 Å². The van der Waals surface area contributed by atoms with E-state index in [1.54, 1.807) is 51.7 Å². The number of rotatable bonds is 27. The van der Waals surface area contributed by atoms with E-state index in [0.29, 0.717) is 80.5 Å². The Morgan fingerprint density at radius 3 is 1.20 bits per heavy atom. The number of aromatic carboxylic acids is 1. The lowest BCUT2D eigenvalue weighted by Gasteiger charge is -2.37. The number of carbonyl (C=O) groups excluding carboxylic acids is 12. The Morgan fingerprint density at radius 1 is 0.425 bits per heavy atom. The van der Waals surface area contributed by atoms with E-state index in [1.807, 2.05) is 115 Å². The van der Waals surface area contributed by atoms with Gasteiger partial charge in [0.15, 0.2) is 12.2 Å². The number of fused-ring (bicyclic) bond motifs is 6. The lowest BCUT2D eigenvalue weighted by atomic mass is 9.91. The molecule has 0 radical (unpaired) electrons. The second-order valence-corrected chi connectivity index (χ2v) is 33.8. The number of carbonyl (C=O) groups is 13. The zero-order valence-corrected chi connectivity index (χ0v) is 70.6. The maximum absolute atomic E-state index is 14.0. The molecule has 0 bridgehead atoms. The lowest BCUT2D eigenvalue weighted by Crippen LogP contribution is -2.58. The van der Waals surface area contributed by atoms with Crippen molar-refractivity contribution in [2.75, 3.05) is 41.0 Å². The van der Waals surface area contributed by atoms with E-state index in [1.165, 1.54) is 15.4 Å². The molecule has 6 fully saturated rings. The standard InChI is InChI=1S/C31H35N5O6.C31H33N5O6.C21H28N4O4.C10H9NO3/c2*1-42-26-8-4-7-22-21(26)15-24(34-22)31(41)36-16-19-6-3-2-5-17(19)14-25(36)29(39)35-23(13-18-11-12-32-28(18)38)27(37)30(40)33-20-9-10-20;26-18(21(29)24-15-5-6-15)16(10-13-7-8-22-19(13)27)25-20(28)17-9-12-3-1-2-4-14(12)11-23-17;1-14-9-4-2-3-7-6(9)5-8(11-7)10(12)13/h2-8,15,18,20,23,25,27,34,37H,9-14,16H2,1H3,(H,32,38)(H,33,40)(H,35,39);2-8,15,18,20,23,25,34H,9-14,16H2,1H3,(H,32,38)(H,33,40)(H,35,39);1-4,13,15-18,23,26H,5-11H2,(H,22,27)(H,24,29)(H,25,28);2-5,11H,1H3,(H,12,13)/t18-,23-,25-,27?;18-,23-,25-;13-,16-,17-,18?;/m000./s1. The van der Waals surface area contributed by atoms with E-state index in [9.17, 15) is 72.5 Å².